The third-order valence-corrected chi connectivity index (χ3v) is 5.42. The number of aliphatic hydroxyl groups is 1. The van der Waals surface area contributed by atoms with Gasteiger partial charge < -0.3 is 20.2 Å². The number of hydrogen-bond donors (Lipinski definition) is 3. The molecule has 0 bridgehead atoms. The second-order valence-corrected chi connectivity index (χ2v) is 7.36. The van der Waals surface area contributed by atoms with Crippen LogP contribution in [0.25, 0.3) is 0 Å². The summed E-state index contributed by atoms with van der Waals surface area (Å²) in [6, 6.07) is -0.391. The van der Waals surface area contributed by atoms with Crippen LogP contribution in [-0.2, 0) is 11.2 Å². The molecule has 3 N–H and O–H groups in total. The molecule has 0 aliphatic heterocycles. The number of carbonyl (C=O) groups excluding carboxylic acids is 2. The van der Waals surface area contributed by atoms with Gasteiger partial charge in [0.05, 0.1) is 17.2 Å². The standard InChI is InChI=1S/C17H22N4O4S/c1-10-15(20-9-25-10)17(24)21-12-3-2-11(8-13(12)22)16(23)19-5-4-14-18-6-7-26-14/h6-7,9,11-13,22H,2-5,8H2,1H3,(H,19,23)(H,21,24)/t11-,12-,13-/m0/s1. The molecule has 2 aromatic heterocycles. The monoisotopic (exact) mass is 378 g/mol. The van der Waals surface area contributed by atoms with Crippen LogP contribution < -0.4 is 10.6 Å². The zero-order valence-electron chi connectivity index (χ0n) is 14.5. The fourth-order valence-electron chi connectivity index (χ4n) is 3.13. The second-order valence-electron chi connectivity index (χ2n) is 6.38. The number of aromatic nitrogens is 2. The lowest BCUT2D eigenvalue weighted by atomic mass is 9.83. The molecule has 0 aromatic carbocycles. The van der Waals surface area contributed by atoms with Crippen molar-refractivity contribution in [1.82, 2.24) is 20.6 Å². The fourth-order valence-corrected chi connectivity index (χ4v) is 3.75. The van der Waals surface area contributed by atoms with Crippen LogP contribution in [-0.4, -0.2) is 45.6 Å². The average molecular weight is 378 g/mol. The van der Waals surface area contributed by atoms with Gasteiger partial charge >= 0.3 is 0 Å². The number of aryl methyl sites for hydroxylation is 1. The van der Waals surface area contributed by atoms with E-state index in [0.717, 1.165) is 5.01 Å². The highest BCUT2D eigenvalue weighted by Crippen LogP contribution is 2.25. The molecule has 3 rings (SSSR count). The topological polar surface area (TPSA) is 117 Å². The van der Waals surface area contributed by atoms with E-state index < -0.39 is 12.1 Å². The van der Waals surface area contributed by atoms with Gasteiger partial charge in [0.1, 0.15) is 5.76 Å². The van der Waals surface area contributed by atoms with Gasteiger partial charge in [0.15, 0.2) is 12.1 Å². The van der Waals surface area contributed by atoms with Gasteiger partial charge in [-0.1, -0.05) is 0 Å². The normalized spacial score (nSPS) is 22.8. The van der Waals surface area contributed by atoms with E-state index in [1.807, 2.05) is 5.38 Å². The van der Waals surface area contributed by atoms with Gasteiger partial charge in [-0.2, -0.15) is 0 Å². The van der Waals surface area contributed by atoms with E-state index in [-0.39, 0.29) is 23.4 Å². The van der Waals surface area contributed by atoms with E-state index in [4.69, 9.17) is 4.42 Å². The number of rotatable bonds is 6. The third kappa shape index (κ3) is 4.47. The first-order chi connectivity index (χ1) is 12.5. The van der Waals surface area contributed by atoms with E-state index in [0.29, 0.717) is 38.0 Å². The van der Waals surface area contributed by atoms with Crippen LogP contribution in [0.15, 0.2) is 22.4 Å². The molecule has 2 heterocycles. The SMILES string of the molecule is Cc1ocnc1C(=O)N[C@H]1CC[C@H](C(=O)NCCc2nccs2)C[C@@H]1O. The largest absolute Gasteiger partial charge is 0.448 e. The molecule has 3 atom stereocenters. The molecule has 1 aliphatic rings. The zero-order valence-corrected chi connectivity index (χ0v) is 15.3. The molecule has 1 aliphatic carbocycles. The summed E-state index contributed by atoms with van der Waals surface area (Å²) < 4.78 is 5.02. The van der Waals surface area contributed by atoms with Gasteiger partial charge in [-0.25, -0.2) is 9.97 Å². The van der Waals surface area contributed by atoms with Crippen molar-refractivity contribution in [2.24, 2.45) is 5.92 Å². The van der Waals surface area contributed by atoms with Crippen molar-refractivity contribution in [3.63, 3.8) is 0 Å². The Morgan fingerprint density at radius 2 is 2.23 bits per heavy atom. The Balaban J connectivity index is 1.44. The Morgan fingerprint density at radius 3 is 2.88 bits per heavy atom. The maximum atomic E-state index is 12.3. The van der Waals surface area contributed by atoms with E-state index in [1.165, 1.54) is 6.39 Å². The minimum absolute atomic E-state index is 0.0577. The van der Waals surface area contributed by atoms with Crippen LogP contribution in [0.1, 0.15) is 40.5 Å². The van der Waals surface area contributed by atoms with Crippen LogP contribution in [0.2, 0.25) is 0 Å². The van der Waals surface area contributed by atoms with Crippen molar-refractivity contribution in [3.8, 4) is 0 Å². The summed E-state index contributed by atoms with van der Waals surface area (Å²) in [6.07, 6.45) is 4.37. The van der Waals surface area contributed by atoms with Gasteiger partial charge in [-0.05, 0) is 26.2 Å². The molecule has 1 fully saturated rings. The fraction of sp³-hybridized carbons (Fsp3) is 0.529. The van der Waals surface area contributed by atoms with Crippen molar-refractivity contribution in [2.75, 3.05) is 6.54 Å². The first kappa shape index (κ1) is 18.5. The number of aliphatic hydroxyl groups excluding tert-OH is 1. The molecule has 2 aromatic rings. The molecule has 0 radical (unpaired) electrons. The highest BCUT2D eigenvalue weighted by atomic mass is 32.1. The zero-order chi connectivity index (χ0) is 18.5. The van der Waals surface area contributed by atoms with Gasteiger partial charge in [-0.15, -0.1) is 11.3 Å². The molecule has 0 saturated heterocycles. The van der Waals surface area contributed by atoms with E-state index in [2.05, 4.69) is 20.6 Å². The maximum Gasteiger partial charge on any atom is 0.273 e. The van der Waals surface area contributed by atoms with Crippen LogP contribution in [0.3, 0.4) is 0 Å². The number of amides is 2. The van der Waals surface area contributed by atoms with Crippen molar-refractivity contribution in [2.45, 2.75) is 44.8 Å². The highest BCUT2D eigenvalue weighted by Gasteiger charge is 2.34. The Morgan fingerprint density at radius 1 is 1.38 bits per heavy atom. The summed E-state index contributed by atoms with van der Waals surface area (Å²) in [5.41, 5.74) is 0.222. The lowest BCUT2D eigenvalue weighted by Crippen LogP contribution is -2.49. The summed E-state index contributed by atoms with van der Waals surface area (Å²) in [5, 5.41) is 18.9. The van der Waals surface area contributed by atoms with E-state index in [9.17, 15) is 14.7 Å². The summed E-state index contributed by atoms with van der Waals surface area (Å²) in [7, 11) is 0. The van der Waals surface area contributed by atoms with Crippen molar-refractivity contribution >= 4 is 23.2 Å². The molecule has 9 heteroatoms. The molecule has 26 heavy (non-hydrogen) atoms. The Hall–Kier alpha value is -2.26. The minimum atomic E-state index is -0.769. The molecule has 0 unspecified atom stereocenters. The number of oxazole rings is 1. The lowest BCUT2D eigenvalue weighted by molar-refractivity contribution is -0.127. The number of thiazole rings is 1. The van der Waals surface area contributed by atoms with Crippen LogP contribution in [0.4, 0.5) is 0 Å². The first-order valence-corrected chi connectivity index (χ1v) is 9.47. The van der Waals surface area contributed by atoms with Gasteiger partial charge in [-0.3, -0.25) is 9.59 Å². The Kier molecular flexibility index (Phi) is 6.00. The van der Waals surface area contributed by atoms with E-state index >= 15 is 0 Å². The molecule has 2 amide bonds. The van der Waals surface area contributed by atoms with Gasteiger partial charge in [0.25, 0.3) is 5.91 Å². The molecule has 1 saturated carbocycles. The van der Waals surface area contributed by atoms with Crippen LogP contribution in [0.5, 0.6) is 0 Å². The summed E-state index contributed by atoms with van der Waals surface area (Å²) >= 11 is 1.56. The quantitative estimate of drug-likeness (QED) is 0.692. The van der Waals surface area contributed by atoms with Crippen molar-refractivity contribution < 1.29 is 19.1 Å². The van der Waals surface area contributed by atoms with Crippen molar-refractivity contribution in [1.29, 1.82) is 0 Å². The summed E-state index contributed by atoms with van der Waals surface area (Å²) in [4.78, 5) is 32.5. The summed E-state index contributed by atoms with van der Waals surface area (Å²) in [6.45, 7) is 2.19. The number of nitrogens with zero attached hydrogens (tertiary/aromatic N) is 2. The van der Waals surface area contributed by atoms with E-state index in [1.54, 1.807) is 24.5 Å². The Labute approximate surface area is 155 Å². The Bertz CT molecular complexity index is 746. The maximum absolute atomic E-state index is 12.3. The predicted molar refractivity (Wildman–Crippen MR) is 94.7 cm³/mol. The highest BCUT2D eigenvalue weighted by molar-refractivity contribution is 7.09. The number of nitrogens with one attached hydrogen (secondary N) is 2. The third-order valence-electron chi connectivity index (χ3n) is 4.59. The molecular weight excluding hydrogens is 356 g/mol. The average Bonchev–Trinajstić information content (AvgIpc) is 3.28. The van der Waals surface area contributed by atoms with Crippen molar-refractivity contribution in [3.05, 3.63) is 34.4 Å². The number of carbonyl (C=O) groups is 2. The molecule has 0 spiro atoms. The predicted octanol–water partition coefficient (Wildman–Crippen LogP) is 1.06. The first-order valence-electron chi connectivity index (χ1n) is 8.59. The summed E-state index contributed by atoms with van der Waals surface area (Å²) in [5.74, 6) is -0.238. The van der Waals surface area contributed by atoms with Crippen LogP contribution in [0, 0.1) is 12.8 Å². The van der Waals surface area contributed by atoms with Gasteiger partial charge in [0.2, 0.25) is 5.91 Å². The smallest absolute Gasteiger partial charge is 0.273 e. The molecule has 8 nitrogen and oxygen atoms in total. The van der Waals surface area contributed by atoms with Crippen LogP contribution >= 0.6 is 11.3 Å². The molecular formula is C17H22N4O4S. The number of hydrogen-bond acceptors (Lipinski definition) is 7. The second kappa shape index (κ2) is 8.41. The molecule has 140 valence electrons. The minimum Gasteiger partial charge on any atom is -0.448 e. The van der Waals surface area contributed by atoms with Gasteiger partial charge in [0, 0.05) is 30.5 Å². The lowest BCUT2D eigenvalue weighted by Gasteiger charge is -2.32.